The van der Waals surface area contributed by atoms with Crippen molar-refractivity contribution >= 4 is 22.5 Å². The van der Waals surface area contributed by atoms with Gasteiger partial charge < -0.3 is 10.3 Å². The maximum absolute atomic E-state index is 12.4. The second kappa shape index (κ2) is 7.20. The van der Waals surface area contributed by atoms with Crippen molar-refractivity contribution in [1.82, 2.24) is 25.0 Å². The lowest BCUT2D eigenvalue weighted by Crippen LogP contribution is -2.26. The van der Waals surface area contributed by atoms with Gasteiger partial charge in [0.2, 0.25) is 5.91 Å². The number of nitrogens with zero attached hydrogens (tertiary/aromatic N) is 4. The predicted octanol–water partition coefficient (Wildman–Crippen LogP) is 2.21. The third-order valence-corrected chi connectivity index (χ3v) is 4.12. The van der Waals surface area contributed by atoms with E-state index in [9.17, 15) is 9.59 Å². The lowest BCUT2D eigenvalue weighted by Gasteiger charge is -2.07. The topological polar surface area (TPSA) is 106 Å². The summed E-state index contributed by atoms with van der Waals surface area (Å²) in [7, 11) is 0. The minimum absolute atomic E-state index is 0.118. The highest BCUT2D eigenvalue weighted by Crippen LogP contribution is 2.17. The highest BCUT2D eigenvalue weighted by molar-refractivity contribution is 5.90. The molecule has 0 aliphatic rings. The van der Waals surface area contributed by atoms with Gasteiger partial charge in [-0.25, -0.2) is 9.67 Å². The Morgan fingerprint density at radius 1 is 1.11 bits per heavy atom. The molecule has 1 amide bonds. The third-order valence-electron chi connectivity index (χ3n) is 4.12. The van der Waals surface area contributed by atoms with Crippen LogP contribution in [0.25, 0.3) is 22.3 Å². The second-order valence-electron chi connectivity index (χ2n) is 5.95. The van der Waals surface area contributed by atoms with Crippen molar-refractivity contribution in [2.45, 2.75) is 13.0 Å². The molecule has 0 bridgehead atoms. The van der Waals surface area contributed by atoms with Gasteiger partial charge in [-0.1, -0.05) is 17.3 Å². The zero-order valence-corrected chi connectivity index (χ0v) is 14.3. The summed E-state index contributed by atoms with van der Waals surface area (Å²) < 4.78 is 1.21. The highest BCUT2D eigenvalue weighted by Gasteiger charge is 2.08. The number of H-pyrrole nitrogens is 1. The molecule has 8 heteroatoms. The van der Waals surface area contributed by atoms with Gasteiger partial charge in [0.15, 0.2) is 0 Å². The summed E-state index contributed by atoms with van der Waals surface area (Å²) >= 11 is 0. The zero-order chi connectivity index (χ0) is 18.6. The predicted molar refractivity (Wildman–Crippen MR) is 101 cm³/mol. The minimum atomic E-state index is -0.254. The molecule has 0 spiro atoms. The molecule has 2 N–H and O–H groups in total. The van der Waals surface area contributed by atoms with Gasteiger partial charge in [0.1, 0.15) is 11.3 Å². The van der Waals surface area contributed by atoms with Crippen LogP contribution >= 0.6 is 0 Å². The molecule has 0 fully saturated rings. The van der Waals surface area contributed by atoms with Gasteiger partial charge in [0, 0.05) is 30.1 Å². The van der Waals surface area contributed by atoms with Crippen LogP contribution < -0.4 is 10.9 Å². The standard InChI is InChI=1S/C19H16N6O2/c26-17(22-14-7-5-13(6-8-14)18-20-10-11-21-18)9-12-25-19(27)15-3-1-2-4-16(15)23-24-25/h1-8,10-11H,9,12H2,(H,20,21)(H,22,26). The van der Waals surface area contributed by atoms with Gasteiger partial charge in [0.25, 0.3) is 5.56 Å². The molecule has 0 unspecified atom stereocenters. The smallest absolute Gasteiger partial charge is 0.277 e. The molecule has 0 radical (unpaired) electrons. The third kappa shape index (κ3) is 3.59. The summed E-state index contributed by atoms with van der Waals surface area (Å²) in [6.07, 6.45) is 3.55. The molecule has 2 heterocycles. The van der Waals surface area contributed by atoms with Crippen LogP contribution in [0.1, 0.15) is 6.42 Å². The summed E-state index contributed by atoms with van der Waals surface area (Å²) in [5.41, 5.74) is 1.89. The number of imidazole rings is 1. The van der Waals surface area contributed by atoms with Crippen molar-refractivity contribution < 1.29 is 4.79 Å². The number of amides is 1. The Hall–Kier alpha value is -3.81. The Kier molecular flexibility index (Phi) is 4.44. The second-order valence-corrected chi connectivity index (χ2v) is 5.95. The molecular formula is C19H16N6O2. The first-order chi connectivity index (χ1) is 13.2. The van der Waals surface area contributed by atoms with E-state index >= 15 is 0 Å². The number of aromatic nitrogens is 5. The number of fused-ring (bicyclic) bond motifs is 1. The number of hydrogen-bond donors (Lipinski definition) is 2. The molecule has 134 valence electrons. The largest absolute Gasteiger partial charge is 0.345 e. The van der Waals surface area contributed by atoms with Crippen molar-refractivity contribution in [2.24, 2.45) is 0 Å². The van der Waals surface area contributed by atoms with Crippen LogP contribution in [0.3, 0.4) is 0 Å². The lowest BCUT2D eigenvalue weighted by atomic mass is 10.2. The number of carbonyl (C=O) groups excluding carboxylic acids is 1. The molecule has 0 aliphatic carbocycles. The summed E-state index contributed by atoms with van der Waals surface area (Å²) in [5.74, 6) is 0.560. The van der Waals surface area contributed by atoms with Crippen molar-refractivity contribution in [2.75, 3.05) is 5.32 Å². The van der Waals surface area contributed by atoms with Gasteiger partial charge in [-0.3, -0.25) is 9.59 Å². The van der Waals surface area contributed by atoms with Gasteiger partial charge >= 0.3 is 0 Å². The van der Waals surface area contributed by atoms with Crippen LogP contribution in [0.5, 0.6) is 0 Å². The summed E-state index contributed by atoms with van der Waals surface area (Å²) in [4.78, 5) is 31.8. The van der Waals surface area contributed by atoms with Crippen molar-refractivity contribution in [1.29, 1.82) is 0 Å². The van der Waals surface area contributed by atoms with E-state index in [2.05, 4.69) is 25.6 Å². The molecule has 27 heavy (non-hydrogen) atoms. The van der Waals surface area contributed by atoms with Crippen LogP contribution in [-0.2, 0) is 11.3 Å². The Morgan fingerprint density at radius 2 is 1.93 bits per heavy atom. The Balaban J connectivity index is 1.40. The van der Waals surface area contributed by atoms with Crippen LogP contribution in [0.2, 0.25) is 0 Å². The van der Waals surface area contributed by atoms with Crippen LogP contribution in [-0.4, -0.2) is 30.9 Å². The molecular weight excluding hydrogens is 344 g/mol. The molecule has 0 atom stereocenters. The van der Waals surface area contributed by atoms with Crippen LogP contribution in [0.4, 0.5) is 5.69 Å². The normalized spacial score (nSPS) is 10.8. The average Bonchev–Trinajstić information content (AvgIpc) is 3.23. The fourth-order valence-electron chi connectivity index (χ4n) is 2.74. The number of nitrogens with one attached hydrogen (secondary N) is 2. The summed E-state index contributed by atoms with van der Waals surface area (Å²) in [6.45, 7) is 0.160. The number of benzene rings is 2. The number of aromatic amines is 1. The van der Waals surface area contributed by atoms with Crippen molar-refractivity contribution in [3.05, 3.63) is 71.3 Å². The monoisotopic (exact) mass is 360 g/mol. The molecule has 0 saturated heterocycles. The molecule has 0 aliphatic heterocycles. The van der Waals surface area contributed by atoms with E-state index < -0.39 is 0 Å². The van der Waals surface area contributed by atoms with E-state index in [0.717, 1.165) is 11.4 Å². The Bertz CT molecular complexity index is 1130. The van der Waals surface area contributed by atoms with E-state index in [-0.39, 0.29) is 24.4 Å². The van der Waals surface area contributed by atoms with E-state index in [1.807, 2.05) is 12.1 Å². The average molecular weight is 360 g/mol. The summed E-state index contributed by atoms with van der Waals surface area (Å²) in [5, 5.41) is 11.2. The summed E-state index contributed by atoms with van der Waals surface area (Å²) in [6, 6.07) is 14.3. The highest BCUT2D eigenvalue weighted by atomic mass is 16.2. The Labute approximate surface area is 153 Å². The number of rotatable bonds is 5. The van der Waals surface area contributed by atoms with Crippen LogP contribution in [0, 0.1) is 0 Å². The maximum Gasteiger partial charge on any atom is 0.277 e. The number of aryl methyl sites for hydroxylation is 1. The quantitative estimate of drug-likeness (QED) is 0.568. The fraction of sp³-hybridized carbons (Fsp3) is 0.105. The molecule has 2 aromatic heterocycles. The molecule has 4 aromatic rings. The molecule has 4 rings (SSSR count). The molecule has 8 nitrogen and oxygen atoms in total. The number of anilines is 1. The van der Waals surface area contributed by atoms with E-state index in [1.165, 1.54) is 4.68 Å². The SMILES string of the molecule is O=C(CCn1nnc2ccccc2c1=O)Nc1ccc(-c2ncc[nH]2)cc1. The van der Waals surface area contributed by atoms with Gasteiger partial charge in [0.05, 0.1) is 11.9 Å². The van der Waals surface area contributed by atoms with Crippen molar-refractivity contribution in [3.63, 3.8) is 0 Å². The Morgan fingerprint density at radius 3 is 2.70 bits per heavy atom. The minimum Gasteiger partial charge on any atom is -0.345 e. The first-order valence-corrected chi connectivity index (χ1v) is 8.43. The number of hydrogen-bond acceptors (Lipinski definition) is 5. The number of carbonyl (C=O) groups is 1. The van der Waals surface area contributed by atoms with Gasteiger partial charge in [-0.2, -0.15) is 0 Å². The molecule has 2 aromatic carbocycles. The fourth-order valence-corrected chi connectivity index (χ4v) is 2.74. The van der Waals surface area contributed by atoms with E-state index in [4.69, 9.17) is 0 Å². The van der Waals surface area contributed by atoms with Crippen LogP contribution in [0.15, 0.2) is 65.7 Å². The first-order valence-electron chi connectivity index (χ1n) is 8.43. The van der Waals surface area contributed by atoms with Gasteiger partial charge in [-0.05, 0) is 36.4 Å². The first kappa shape index (κ1) is 16.6. The maximum atomic E-state index is 12.4. The van der Waals surface area contributed by atoms with Crippen molar-refractivity contribution in [3.8, 4) is 11.4 Å². The zero-order valence-electron chi connectivity index (χ0n) is 14.3. The van der Waals surface area contributed by atoms with E-state index in [1.54, 1.807) is 48.8 Å². The lowest BCUT2D eigenvalue weighted by molar-refractivity contribution is -0.116. The van der Waals surface area contributed by atoms with Gasteiger partial charge in [-0.15, -0.1) is 5.10 Å². The molecule has 0 saturated carbocycles. The van der Waals surface area contributed by atoms with E-state index in [0.29, 0.717) is 16.6 Å².